The van der Waals surface area contributed by atoms with Gasteiger partial charge in [-0.25, -0.2) is 0 Å². The lowest BCUT2D eigenvalue weighted by Crippen LogP contribution is -2.38. The first-order valence-electron chi connectivity index (χ1n) is 4.38. The molecule has 2 atom stereocenters. The molecule has 0 aromatic carbocycles. The summed E-state index contributed by atoms with van der Waals surface area (Å²) >= 11 is 0. The summed E-state index contributed by atoms with van der Waals surface area (Å²) in [6.07, 6.45) is 6.62. The third kappa shape index (κ3) is 2.55. The lowest BCUT2D eigenvalue weighted by molar-refractivity contribution is 0.157. The zero-order chi connectivity index (χ0) is 8.27. The molecule has 0 aromatic heterocycles. The highest BCUT2D eigenvalue weighted by Crippen LogP contribution is 2.19. The molecule has 1 fully saturated rings. The van der Waals surface area contributed by atoms with Gasteiger partial charge >= 0.3 is 0 Å². The van der Waals surface area contributed by atoms with E-state index in [2.05, 4.69) is 24.7 Å². The monoisotopic (exact) mass is 151 g/mol. The van der Waals surface area contributed by atoms with Crippen molar-refractivity contribution in [3.05, 3.63) is 0 Å². The van der Waals surface area contributed by atoms with E-state index in [0.717, 1.165) is 18.4 Å². The molecule has 1 heterocycles. The zero-order valence-electron chi connectivity index (χ0n) is 7.51. The van der Waals surface area contributed by atoms with Gasteiger partial charge in [0.05, 0.1) is 6.54 Å². The molecule has 0 bridgehead atoms. The molecular weight excluding hydrogens is 134 g/mol. The first-order chi connectivity index (χ1) is 5.22. The van der Waals surface area contributed by atoms with Crippen molar-refractivity contribution in [2.24, 2.45) is 11.8 Å². The fourth-order valence-corrected chi connectivity index (χ4v) is 2.05. The van der Waals surface area contributed by atoms with Crippen LogP contribution in [-0.4, -0.2) is 24.5 Å². The zero-order valence-corrected chi connectivity index (χ0v) is 7.51. The maximum atomic E-state index is 5.26. The summed E-state index contributed by atoms with van der Waals surface area (Å²) in [6.45, 7) is 7.82. The average Bonchev–Trinajstić information content (AvgIpc) is 1.85. The lowest BCUT2D eigenvalue weighted by atomic mass is 9.92. The van der Waals surface area contributed by atoms with E-state index in [9.17, 15) is 0 Å². The highest BCUT2D eigenvalue weighted by molar-refractivity contribution is 4.90. The Morgan fingerprint density at radius 1 is 1.36 bits per heavy atom. The third-order valence-corrected chi connectivity index (χ3v) is 2.26. The van der Waals surface area contributed by atoms with Gasteiger partial charge in [-0.1, -0.05) is 19.8 Å². The van der Waals surface area contributed by atoms with Crippen molar-refractivity contribution in [3.8, 4) is 12.3 Å². The Balaban J connectivity index is 2.38. The summed E-state index contributed by atoms with van der Waals surface area (Å²) in [4.78, 5) is 2.37. The van der Waals surface area contributed by atoms with Crippen LogP contribution in [-0.2, 0) is 0 Å². The van der Waals surface area contributed by atoms with Crippen molar-refractivity contribution in [2.75, 3.05) is 19.6 Å². The quantitative estimate of drug-likeness (QED) is 0.514. The van der Waals surface area contributed by atoms with E-state index in [1.165, 1.54) is 19.5 Å². The molecule has 0 spiro atoms. The van der Waals surface area contributed by atoms with Gasteiger partial charge in [-0.05, 0) is 18.3 Å². The van der Waals surface area contributed by atoms with Crippen LogP contribution in [0.5, 0.6) is 0 Å². The Bertz CT molecular complexity index is 147. The molecule has 0 aliphatic carbocycles. The summed E-state index contributed by atoms with van der Waals surface area (Å²) in [6, 6.07) is 0. The molecule has 62 valence electrons. The van der Waals surface area contributed by atoms with Crippen molar-refractivity contribution < 1.29 is 0 Å². The minimum Gasteiger partial charge on any atom is -0.292 e. The maximum Gasteiger partial charge on any atom is 0.0599 e. The summed E-state index contributed by atoms with van der Waals surface area (Å²) in [7, 11) is 0. The number of piperidine rings is 1. The minimum absolute atomic E-state index is 0.826. The molecule has 1 rings (SSSR count). The average molecular weight is 151 g/mol. The van der Waals surface area contributed by atoms with Crippen LogP contribution in [0.1, 0.15) is 20.3 Å². The van der Waals surface area contributed by atoms with Gasteiger partial charge in [0.25, 0.3) is 0 Å². The molecule has 0 amide bonds. The molecule has 1 aliphatic heterocycles. The van der Waals surface area contributed by atoms with Crippen LogP contribution in [0, 0.1) is 24.2 Å². The second-order valence-corrected chi connectivity index (χ2v) is 3.84. The van der Waals surface area contributed by atoms with E-state index in [1.807, 2.05) is 0 Å². The molecule has 0 saturated carbocycles. The summed E-state index contributed by atoms with van der Waals surface area (Å²) in [5.41, 5.74) is 0. The number of likely N-dealkylation sites (tertiary alicyclic amines) is 1. The molecule has 11 heavy (non-hydrogen) atoms. The molecule has 2 unspecified atom stereocenters. The van der Waals surface area contributed by atoms with Gasteiger partial charge in [-0.2, -0.15) is 0 Å². The first-order valence-corrected chi connectivity index (χ1v) is 4.38. The summed E-state index contributed by atoms with van der Waals surface area (Å²) < 4.78 is 0. The van der Waals surface area contributed by atoms with E-state index >= 15 is 0 Å². The summed E-state index contributed by atoms with van der Waals surface area (Å²) in [5, 5.41) is 0. The first kappa shape index (κ1) is 8.62. The second kappa shape index (κ2) is 3.78. The molecule has 1 aliphatic rings. The Hall–Kier alpha value is -0.480. The fraction of sp³-hybridized carbons (Fsp3) is 0.800. The van der Waals surface area contributed by atoms with Crippen LogP contribution >= 0.6 is 0 Å². The number of rotatable bonds is 1. The fourth-order valence-electron chi connectivity index (χ4n) is 2.05. The Labute approximate surface area is 69.8 Å². The van der Waals surface area contributed by atoms with Crippen molar-refractivity contribution in [3.63, 3.8) is 0 Å². The molecule has 0 N–H and O–H groups in total. The standard InChI is InChI=1S/C10H17N/c1-4-5-11-7-9(2)6-10(3)8-11/h1,9-10H,5-8H2,2-3H3. The van der Waals surface area contributed by atoms with Gasteiger partial charge in [-0.3, -0.25) is 4.90 Å². The highest BCUT2D eigenvalue weighted by atomic mass is 15.1. The van der Waals surface area contributed by atoms with E-state index in [0.29, 0.717) is 0 Å². The van der Waals surface area contributed by atoms with Gasteiger partial charge in [0.1, 0.15) is 0 Å². The van der Waals surface area contributed by atoms with E-state index in [4.69, 9.17) is 6.42 Å². The Morgan fingerprint density at radius 3 is 2.36 bits per heavy atom. The predicted octanol–water partition coefficient (Wildman–Crippen LogP) is 1.60. The van der Waals surface area contributed by atoms with E-state index in [-0.39, 0.29) is 0 Å². The molecule has 1 heteroatoms. The Kier molecular flexibility index (Phi) is 2.96. The highest BCUT2D eigenvalue weighted by Gasteiger charge is 2.20. The maximum absolute atomic E-state index is 5.26. The molecule has 0 aromatic rings. The SMILES string of the molecule is C#CCN1CC(C)CC(C)C1. The van der Waals surface area contributed by atoms with Crippen LogP contribution in [0.25, 0.3) is 0 Å². The second-order valence-electron chi connectivity index (χ2n) is 3.84. The molecule has 1 saturated heterocycles. The van der Waals surface area contributed by atoms with Gasteiger partial charge in [0.2, 0.25) is 0 Å². The van der Waals surface area contributed by atoms with Crippen molar-refractivity contribution in [1.29, 1.82) is 0 Å². The Morgan fingerprint density at radius 2 is 1.91 bits per heavy atom. The third-order valence-electron chi connectivity index (χ3n) is 2.26. The van der Waals surface area contributed by atoms with Crippen molar-refractivity contribution in [2.45, 2.75) is 20.3 Å². The van der Waals surface area contributed by atoms with Gasteiger partial charge < -0.3 is 0 Å². The smallest absolute Gasteiger partial charge is 0.0599 e. The number of nitrogens with zero attached hydrogens (tertiary/aromatic N) is 1. The van der Waals surface area contributed by atoms with E-state index < -0.39 is 0 Å². The minimum atomic E-state index is 0.826. The topological polar surface area (TPSA) is 3.24 Å². The summed E-state index contributed by atoms with van der Waals surface area (Å²) in [5.74, 6) is 4.36. The van der Waals surface area contributed by atoms with Crippen LogP contribution in [0.3, 0.4) is 0 Å². The van der Waals surface area contributed by atoms with Crippen LogP contribution in [0.4, 0.5) is 0 Å². The number of hydrogen-bond donors (Lipinski definition) is 0. The predicted molar refractivity (Wildman–Crippen MR) is 48.2 cm³/mol. The van der Waals surface area contributed by atoms with Gasteiger partial charge in [-0.15, -0.1) is 6.42 Å². The van der Waals surface area contributed by atoms with Crippen LogP contribution in [0.15, 0.2) is 0 Å². The molecular formula is C10H17N. The van der Waals surface area contributed by atoms with Gasteiger partial charge in [0, 0.05) is 13.1 Å². The normalized spacial score (nSPS) is 33.2. The number of hydrogen-bond acceptors (Lipinski definition) is 1. The van der Waals surface area contributed by atoms with Gasteiger partial charge in [0.15, 0.2) is 0 Å². The van der Waals surface area contributed by atoms with Crippen LogP contribution < -0.4 is 0 Å². The van der Waals surface area contributed by atoms with Crippen LogP contribution in [0.2, 0.25) is 0 Å². The van der Waals surface area contributed by atoms with Crippen molar-refractivity contribution >= 4 is 0 Å². The van der Waals surface area contributed by atoms with E-state index in [1.54, 1.807) is 0 Å². The van der Waals surface area contributed by atoms with Crippen molar-refractivity contribution in [1.82, 2.24) is 4.90 Å². The number of terminal acetylenes is 1. The largest absolute Gasteiger partial charge is 0.292 e. The molecule has 0 radical (unpaired) electrons. The molecule has 1 nitrogen and oxygen atoms in total. The lowest BCUT2D eigenvalue weighted by Gasteiger charge is -2.33.